The number of likely N-dealkylation sites (N-methyl/N-ethyl adjacent to an activating group) is 1. The van der Waals surface area contributed by atoms with E-state index in [-0.39, 0.29) is 104 Å². The van der Waals surface area contributed by atoms with Crippen LogP contribution in [0.5, 0.6) is 0 Å². The summed E-state index contributed by atoms with van der Waals surface area (Å²) in [5.41, 5.74) is 6.45. The molecule has 2 aromatic carbocycles. The average Bonchev–Trinajstić information content (AvgIpc) is 3.58. The van der Waals surface area contributed by atoms with Crippen molar-refractivity contribution in [1.82, 2.24) is 36.4 Å². The molecule has 23 heteroatoms. The maximum Gasteiger partial charge on any atom is 0.326 e. The predicted molar refractivity (Wildman–Crippen MR) is 318 cm³/mol. The molecular weight excluding hydrogens is 1090 g/mol. The van der Waals surface area contributed by atoms with E-state index in [1.807, 2.05) is 19.9 Å². The lowest BCUT2D eigenvalue weighted by Crippen LogP contribution is -2.57. The van der Waals surface area contributed by atoms with Crippen molar-refractivity contribution in [3.8, 4) is 0 Å². The van der Waals surface area contributed by atoms with Gasteiger partial charge in [-0.15, -0.1) is 0 Å². The number of ketones is 1. The minimum Gasteiger partial charge on any atom is -0.480 e. The van der Waals surface area contributed by atoms with Crippen LogP contribution in [0.4, 0.5) is 10.5 Å². The van der Waals surface area contributed by atoms with Crippen LogP contribution in [0.2, 0.25) is 0 Å². The summed E-state index contributed by atoms with van der Waals surface area (Å²) in [4.78, 5) is 148. The normalized spacial score (nSPS) is 18.2. The molecule has 2 aromatic rings. The Morgan fingerprint density at radius 2 is 1.38 bits per heavy atom. The number of rotatable bonds is 36. The molecular formula is C62H93N9O14. The van der Waals surface area contributed by atoms with E-state index in [1.54, 1.807) is 70.8 Å². The second-order valence-corrected chi connectivity index (χ2v) is 23.3. The van der Waals surface area contributed by atoms with Crippen LogP contribution in [0.3, 0.4) is 0 Å². The fourth-order valence-corrected chi connectivity index (χ4v) is 11.4. The van der Waals surface area contributed by atoms with Crippen molar-refractivity contribution in [1.29, 1.82) is 0 Å². The zero-order chi connectivity index (χ0) is 63.1. The molecule has 1 heterocycles. The van der Waals surface area contributed by atoms with Crippen LogP contribution in [0, 0.1) is 35.5 Å². The first-order valence-electron chi connectivity index (χ1n) is 29.9. The van der Waals surface area contributed by atoms with Crippen molar-refractivity contribution in [2.75, 3.05) is 39.7 Å². The summed E-state index contributed by atoms with van der Waals surface area (Å²) in [6.07, 6.45) is 3.53. The molecule has 2 aliphatic rings. The molecule has 0 aromatic heterocycles. The number of urea groups is 1. The van der Waals surface area contributed by atoms with E-state index in [1.165, 1.54) is 43.4 Å². The van der Waals surface area contributed by atoms with Gasteiger partial charge < -0.3 is 57.1 Å². The maximum absolute atomic E-state index is 14.6. The number of carbonyl (C=O) groups is 11. The zero-order valence-electron chi connectivity index (χ0n) is 51.2. The van der Waals surface area contributed by atoms with E-state index in [0.717, 1.165) is 5.56 Å². The molecule has 1 saturated carbocycles. The third-order valence-corrected chi connectivity index (χ3v) is 16.5. The van der Waals surface area contributed by atoms with Gasteiger partial charge in [-0.1, -0.05) is 98.1 Å². The van der Waals surface area contributed by atoms with E-state index < -0.39 is 102 Å². The molecule has 0 spiro atoms. The van der Waals surface area contributed by atoms with Gasteiger partial charge in [-0.3, -0.25) is 48.1 Å². The van der Waals surface area contributed by atoms with E-state index in [9.17, 15) is 57.8 Å². The Morgan fingerprint density at radius 3 is 1.95 bits per heavy atom. The third kappa shape index (κ3) is 21.0. The van der Waals surface area contributed by atoms with Crippen molar-refractivity contribution >= 4 is 70.7 Å². The first-order valence-corrected chi connectivity index (χ1v) is 29.9. The molecule has 85 heavy (non-hydrogen) atoms. The molecule has 1 unspecified atom stereocenters. The number of aliphatic carboxylic acids is 1. The fraction of sp³-hybridized carbons (Fsp3) is 0.629. The van der Waals surface area contributed by atoms with Crippen LogP contribution in [0.25, 0.3) is 0 Å². The van der Waals surface area contributed by atoms with Gasteiger partial charge >= 0.3 is 12.0 Å². The molecule has 1 aliphatic heterocycles. The molecule has 0 radical (unpaired) electrons. The Bertz CT molecular complexity index is 2580. The lowest BCUT2D eigenvalue weighted by molar-refractivity contribution is -0.145. The third-order valence-electron chi connectivity index (χ3n) is 16.5. The van der Waals surface area contributed by atoms with Crippen molar-refractivity contribution in [2.24, 2.45) is 41.2 Å². The van der Waals surface area contributed by atoms with Crippen LogP contribution < -0.4 is 37.6 Å². The molecule has 1 saturated heterocycles. The highest BCUT2D eigenvalue weighted by molar-refractivity contribution is 6.02. The number of carboxylic acid groups (broad SMARTS) is 1. The number of amides is 10. The van der Waals surface area contributed by atoms with Gasteiger partial charge in [0.15, 0.2) is 0 Å². The number of imide groups is 1. The molecule has 9 N–H and O–H groups in total. The summed E-state index contributed by atoms with van der Waals surface area (Å²) < 4.78 is 12.0. The van der Waals surface area contributed by atoms with Crippen LogP contribution in [0.15, 0.2) is 54.6 Å². The quantitative estimate of drug-likeness (QED) is 0.0333. The number of unbranched alkanes of at least 4 members (excludes halogenated alkanes) is 2. The van der Waals surface area contributed by atoms with E-state index in [4.69, 9.17) is 15.2 Å². The number of carboxylic acids is 1. The highest BCUT2D eigenvalue weighted by atomic mass is 16.5. The monoisotopic (exact) mass is 1190 g/mol. The van der Waals surface area contributed by atoms with E-state index in [2.05, 4.69) is 31.9 Å². The van der Waals surface area contributed by atoms with Crippen LogP contribution >= 0.6 is 0 Å². The van der Waals surface area contributed by atoms with Crippen molar-refractivity contribution in [2.45, 2.75) is 181 Å². The molecule has 0 bridgehead atoms. The standard InChI is InChI=1S/C62H93N9O14/c1-11-38(6)54(48(84-9)35-47(72)43-22-18-23-44(43)55(85-10)39(7)56(76)67-46(61(81)82)34-40-20-14-12-15-21-40)70(8)60(80)53(37(4)5)69-57(77)41-26-28-42(29-27-41)65-58(78)45(24-19-32-64-62(63)83)66-59(79)52(36(2)3)68-49(73)25-16-13-17-33-71-50(74)30-31-51(71)75/h12,14-15,20-21,26-29,36-39,43-46,48,52-55H,11,13,16-19,22-25,30-35H2,1-10H3,(H,65,78)(H,66,79)(H,67,76)(H,68,73)(H,69,77)(H,81,82)(H3,63,64,83)/t38-,39+,43?,44+,45-,46-,48+,52-,53-,54-,55+/m0/s1. The van der Waals surface area contributed by atoms with Gasteiger partial charge in [-0.25, -0.2) is 9.59 Å². The molecule has 4 rings (SSSR count). The molecule has 470 valence electrons. The second kappa shape index (κ2) is 34.6. The molecule has 2 fully saturated rings. The Labute approximate surface area is 500 Å². The number of hydrogen-bond donors (Lipinski definition) is 8. The number of nitrogens with two attached hydrogens (primary N) is 1. The number of hydrogen-bond acceptors (Lipinski definition) is 13. The van der Waals surface area contributed by atoms with Gasteiger partial charge in [0.1, 0.15) is 30.0 Å². The van der Waals surface area contributed by atoms with Crippen molar-refractivity contribution in [3.05, 3.63) is 65.7 Å². The summed E-state index contributed by atoms with van der Waals surface area (Å²) in [6, 6.07) is 9.26. The van der Waals surface area contributed by atoms with Crippen LogP contribution in [0.1, 0.15) is 148 Å². The minimum atomic E-state index is -1.17. The number of nitrogens with zero attached hydrogens (tertiary/aromatic N) is 2. The Kier molecular flexibility index (Phi) is 28.6. The number of nitrogens with one attached hydrogen (secondary N) is 6. The van der Waals surface area contributed by atoms with Gasteiger partial charge in [0.2, 0.25) is 41.4 Å². The number of Topliss-reactive ketones (excluding diaryl/α,β-unsaturated/α-hetero) is 1. The van der Waals surface area contributed by atoms with Crippen molar-refractivity contribution in [3.63, 3.8) is 0 Å². The van der Waals surface area contributed by atoms with Gasteiger partial charge in [0, 0.05) is 83.6 Å². The zero-order valence-corrected chi connectivity index (χ0v) is 51.2. The average molecular weight is 1190 g/mol. The number of likely N-dealkylation sites (tertiary alicyclic amines) is 1. The largest absolute Gasteiger partial charge is 0.480 e. The SMILES string of the molecule is CC[C@H](C)[C@@H]([C@@H](CC(=O)C1CCC[C@H]1[C@H](OC)[C@@H](C)C(=O)N[C@@H](Cc1ccccc1)C(=O)O)OC)N(C)C(=O)[C@@H](NC(=O)c1ccc(NC(=O)[C@H](CCCNC(N)=O)NC(=O)[C@@H](NC(=O)CCCCCN2C(=O)CCC2=O)C(C)C)cc1)C(C)C. The first-order chi connectivity index (χ1) is 40.3. The minimum absolute atomic E-state index is 0.0456. The Balaban J connectivity index is 1.41. The first kappa shape index (κ1) is 70.2. The maximum atomic E-state index is 14.6. The van der Waals surface area contributed by atoms with E-state index >= 15 is 0 Å². The Hall–Kier alpha value is -7.27. The van der Waals surface area contributed by atoms with Gasteiger partial charge in [-0.2, -0.15) is 0 Å². The molecule has 1 aliphatic carbocycles. The lowest BCUT2D eigenvalue weighted by Gasteiger charge is -2.40. The number of ether oxygens (including phenoxy) is 2. The van der Waals surface area contributed by atoms with Crippen LogP contribution in [-0.4, -0.2) is 157 Å². The number of methoxy groups -OCH3 is 2. The van der Waals surface area contributed by atoms with Gasteiger partial charge in [0.25, 0.3) is 5.91 Å². The van der Waals surface area contributed by atoms with Gasteiger partial charge in [-0.05, 0) is 92.0 Å². The summed E-state index contributed by atoms with van der Waals surface area (Å²) in [5.74, 6) is -7.29. The highest BCUT2D eigenvalue weighted by Gasteiger charge is 2.45. The fourth-order valence-electron chi connectivity index (χ4n) is 11.4. The number of benzene rings is 2. The summed E-state index contributed by atoms with van der Waals surface area (Å²) >= 11 is 0. The smallest absolute Gasteiger partial charge is 0.326 e. The topological polar surface area (TPSA) is 331 Å². The van der Waals surface area contributed by atoms with Gasteiger partial charge in [0.05, 0.1) is 24.2 Å². The number of carbonyl (C=O) groups excluding carboxylic acids is 10. The van der Waals surface area contributed by atoms with Crippen molar-refractivity contribution < 1.29 is 67.3 Å². The summed E-state index contributed by atoms with van der Waals surface area (Å²) in [5, 5.41) is 26.3. The van der Waals surface area contributed by atoms with E-state index in [0.29, 0.717) is 51.5 Å². The highest BCUT2D eigenvalue weighted by Crippen LogP contribution is 2.40. The lowest BCUT2D eigenvalue weighted by atomic mass is 9.79. The second-order valence-electron chi connectivity index (χ2n) is 23.3. The Morgan fingerprint density at radius 1 is 0.741 bits per heavy atom. The number of primary amides is 1. The van der Waals surface area contributed by atoms with Crippen LogP contribution in [-0.2, 0) is 59.0 Å². The molecule has 23 nitrogen and oxygen atoms in total. The number of anilines is 1. The molecule has 10 amide bonds. The summed E-state index contributed by atoms with van der Waals surface area (Å²) in [7, 11) is 4.62. The summed E-state index contributed by atoms with van der Waals surface area (Å²) in [6.45, 7) is 13.1. The molecule has 11 atom stereocenters. The predicted octanol–water partition coefficient (Wildman–Crippen LogP) is 4.89.